The van der Waals surface area contributed by atoms with Crippen LogP contribution >= 0.6 is 0 Å². The zero-order valence-corrected chi connectivity index (χ0v) is 9.03. The van der Waals surface area contributed by atoms with Crippen molar-refractivity contribution < 1.29 is 38.9 Å². The Morgan fingerprint density at radius 2 is 1.44 bits per heavy atom. The molecule has 0 aromatic heterocycles. The number of alkyl halides is 6. The molecule has 0 fully saturated rings. The third kappa shape index (κ3) is 3.60. The van der Waals surface area contributed by atoms with Crippen LogP contribution in [0.4, 0.5) is 26.3 Å². The Balaban J connectivity index is 3.35. The molecule has 0 N–H and O–H groups in total. The molecule has 0 amide bonds. The van der Waals surface area contributed by atoms with Gasteiger partial charge in [-0.3, -0.25) is 0 Å². The second kappa shape index (κ2) is 4.43. The van der Waals surface area contributed by atoms with Gasteiger partial charge < -0.3 is 0 Å². The predicted molar refractivity (Wildman–Crippen MR) is 45.8 cm³/mol. The highest BCUT2D eigenvalue weighted by Gasteiger charge is 2.42. The molecule has 0 aliphatic heterocycles. The van der Waals surface area contributed by atoms with Crippen LogP contribution in [0.25, 0.3) is 0 Å². The molecule has 0 heterocycles. The van der Waals surface area contributed by atoms with E-state index in [-0.39, 0.29) is 0 Å². The number of halogens is 6. The lowest BCUT2D eigenvalue weighted by molar-refractivity contribution is -0.272. The van der Waals surface area contributed by atoms with Gasteiger partial charge in [0.05, 0.1) is 5.56 Å². The van der Waals surface area contributed by atoms with Crippen molar-refractivity contribution in [1.82, 2.24) is 0 Å². The van der Waals surface area contributed by atoms with Gasteiger partial charge in [-0.15, -0.1) is 13.2 Å². The summed E-state index contributed by atoms with van der Waals surface area (Å²) < 4.78 is 97.4. The molecule has 1 rings (SSSR count). The Morgan fingerprint density at radius 1 is 0.944 bits per heavy atom. The zero-order valence-electron chi connectivity index (χ0n) is 8.21. The molecule has 0 spiro atoms. The van der Waals surface area contributed by atoms with Gasteiger partial charge in [0.15, 0.2) is 0 Å². The molecule has 0 saturated carbocycles. The Bertz CT molecular complexity index is 530. The molecule has 1 aromatic carbocycles. The standard InChI is InChI=1S/C8H4F6O3S/c9-7(10,11)5-3-1-2-4-6(5)18(15,16)17-8(12,13)14/h1-4H. The van der Waals surface area contributed by atoms with E-state index in [9.17, 15) is 34.8 Å². The van der Waals surface area contributed by atoms with Gasteiger partial charge in [0, 0.05) is 0 Å². The molecule has 102 valence electrons. The summed E-state index contributed by atoms with van der Waals surface area (Å²) in [6.07, 6.45) is -10.7. The van der Waals surface area contributed by atoms with Crippen LogP contribution in [-0.4, -0.2) is 14.8 Å². The average molecular weight is 294 g/mol. The summed E-state index contributed by atoms with van der Waals surface area (Å²) in [6, 6.07) is 2.41. The van der Waals surface area contributed by atoms with E-state index in [1.54, 1.807) is 0 Å². The third-order valence-electron chi connectivity index (χ3n) is 1.67. The van der Waals surface area contributed by atoms with Gasteiger partial charge in [0.2, 0.25) is 0 Å². The summed E-state index contributed by atoms with van der Waals surface area (Å²) in [6.45, 7) is 0. The fraction of sp³-hybridized carbons (Fsp3) is 0.250. The highest BCUT2D eigenvalue weighted by molar-refractivity contribution is 7.86. The van der Waals surface area contributed by atoms with Crippen LogP contribution in [0.1, 0.15) is 5.56 Å². The molecule has 0 saturated heterocycles. The van der Waals surface area contributed by atoms with E-state index in [1.807, 2.05) is 0 Å². The normalized spacial score (nSPS) is 13.7. The molecular weight excluding hydrogens is 290 g/mol. The molecule has 0 aliphatic rings. The quantitative estimate of drug-likeness (QED) is 0.622. The van der Waals surface area contributed by atoms with Gasteiger partial charge in [-0.05, 0) is 12.1 Å². The molecule has 0 unspecified atom stereocenters. The van der Waals surface area contributed by atoms with E-state index in [0.29, 0.717) is 12.1 Å². The molecular formula is C8H4F6O3S. The fourth-order valence-electron chi connectivity index (χ4n) is 1.09. The second-order valence-corrected chi connectivity index (χ2v) is 4.49. The van der Waals surface area contributed by atoms with E-state index >= 15 is 0 Å². The maximum Gasteiger partial charge on any atom is 0.537 e. The maximum atomic E-state index is 12.4. The van der Waals surface area contributed by atoms with Crippen molar-refractivity contribution in [3.63, 3.8) is 0 Å². The number of hydrogen-bond acceptors (Lipinski definition) is 3. The van der Waals surface area contributed by atoms with Crippen molar-refractivity contribution in [2.45, 2.75) is 17.4 Å². The van der Waals surface area contributed by atoms with Crippen molar-refractivity contribution in [3.05, 3.63) is 29.8 Å². The summed E-state index contributed by atoms with van der Waals surface area (Å²) in [5.74, 6) is 0. The SMILES string of the molecule is O=S(=O)(OC(F)(F)F)c1ccccc1C(F)(F)F. The highest BCUT2D eigenvalue weighted by Crippen LogP contribution is 2.36. The van der Waals surface area contributed by atoms with Crippen LogP contribution in [0, 0.1) is 0 Å². The summed E-state index contributed by atoms with van der Waals surface area (Å²) in [5.41, 5.74) is -1.73. The van der Waals surface area contributed by atoms with Crippen LogP contribution < -0.4 is 0 Å². The van der Waals surface area contributed by atoms with Crippen LogP contribution in [0.2, 0.25) is 0 Å². The Hall–Kier alpha value is -1.29. The van der Waals surface area contributed by atoms with Crippen LogP contribution in [0.15, 0.2) is 29.2 Å². The van der Waals surface area contributed by atoms with E-state index < -0.39 is 33.1 Å². The lowest BCUT2D eigenvalue weighted by Crippen LogP contribution is -2.22. The van der Waals surface area contributed by atoms with Gasteiger partial charge in [-0.2, -0.15) is 25.8 Å². The Morgan fingerprint density at radius 3 is 1.89 bits per heavy atom. The second-order valence-electron chi connectivity index (χ2n) is 2.98. The lowest BCUT2D eigenvalue weighted by atomic mass is 10.2. The summed E-state index contributed by atoms with van der Waals surface area (Å²) in [5, 5.41) is 0. The number of benzene rings is 1. The molecule has 3 nitrogen and oxygen atoms in total. The first kappa shape index (κ1) is 14.8. The molecule has 1 aromatic rings. The first-order valence-corrected chi connectivity index (χ1v) is 5.53. The lowest BCUT2D eigenvalue weighted by Gasteiger charge is -2.13. The minimum atomic E-state index is -5.60. The largest absolute Gasteiger partial charge is 0.537 e. The summed E-state index contributed by atoms with van der Waals surface area (Å²) in [4.78, 5) is -1.59. The fourth-order valence-corrected chi connectivity index (χ4v) is 2.13. The van der Waals surface area contributed by atoms with Crippen molar-refractivity contribution in [2.24, 2.45) is 0 Å². The molecule has 0 bridgehead atoms. The minimum absolute atomic E-state index is 0.340. The summed E-state index contributed by atoms with van der Waals surface area (Å²) in [7, 11) is -5.58. The van der Waals surface area contributed by atoms with Crippen LogP contribution in [0.3, 0.4) is 0 Å². The van der Waals surface area contributed by atoms with Gasteiger partial charge in [0.25, 0.3) is 0 Å². The number of hydrogen-bond donors (Lipinski definition) is 0. The van der Waals surface area contributed by atoms with Gasteiger partial charge in [0.1, 0.15) is 4.90 Å². The van der Waals surface area contributed by atoms with E-state index in [2.05, 4.69) is 4.18 Å². The topological polar surface area (TPSA) is 43.4 Å². The average Bonchev–Trinajstić information content (AvgIpc) is 2.12. The first-order valence-electron chi connectivity index (χ1n) is 4.12. The van der Waals surface area contributed by atoms with Crippen molar-refractivity contribution in [3.8, 4) is 0 Å². The number of rotatable bonds is 2. The van der Waals surface area contributed by atoms with Crippen molar-refractivity contribution in [2.75, 3.05) is 0 Å². The molecule has 10 heteroatoms. The smallest absolute Gasteiger partial charge is 0.194 e. The van der Waals surface area contributed by atoms with E-state index in [4.69, 9.17) is 0 Å². The van der Waals surface area contributed by atoms with Crippen molar-refractivity contribution >= 4 is 10.1 Å². The molecule has 0 radical (unpaired) electrons. The first-order chi connectivity index (χ1) is 7.93. The highest BCUT2D eigenvalue weighted by atomic mass is 32.2. The van der Waals surface area contributed by atoms with E-state index in [0.717, 1.165) is 12.1 Å². The Labute approximate surface area is 97.1 Å². The van der Waals surface area contributed by atoms with E-state index in [1.165, 1.54) is 0 Å². The van der Waals surface area contributed by atoms with Gasteiger partial charge >= 0.3 is 22.7 Å². The zero-order chi connectivity index (χ0) is 14.2. The third-order valence-corrected chi connectivity index (χ3v) is 2.97. The Kier molecular flexibility index (Phi) is 3.63. The minimum Gasteiger partial charge on any atom is -0.194 e. The van der Waals surface area contributed by atoms with Gasteiger partial charge in [-0.1, -0.05) is 12.1 Å². The van der Waals surface area contributed by atoms with Crippen molar-refractivity contribution in [1.29, 1.82) is 0 Å². The van der Waals surface area contributed by atoms with Crippen LogP contribution in [-0.2, 0) is 20.5 Å². The van der Waals surface area contributed by atoms with Gasteiger partial charge in [-0.25, -0.2) is 0 Å². The monoisotopic (exact) mass is 294 g/mol. The van der Waals surface area contributed by atoms with Crippen LogP contribution in [0.5, 0.6) is 0 Å². The molecule has 18 heavy (non-hydrogen) atoms. The molecule has 0 atom stereocenters. The predicted octanol–water partition coefficient (Wildman–Crippen LogP) is 2.93. The molecule has 0 aliphatic carbocycles. The summed E-state index contributed by atoms with van der Waals surface area (Å²) >= 11 is 0. The maximum absolute atomic E-state index is 12.4.